The zero-order chi connectivity index (χ0) is 12.5. The highest BCUT2D eigenvalue weighted by atomic mass is 16.7. The maximum Gasteiger partial charge on any atom is 0.0790 e. The van der Waals surface area contributed by atoms with Gasteiger partial charge in [0.15, 0.2) is 0 Å². The third kappa shape index (κ3) is 3.96. The predicted octanol–water partition coefficient (Wildman–Crippen LogP) is 4.06. The van der Waals surface area contributed by atoms with Crippen molar-refractivity contribution in [1.82, 2.24) is 5.48 Å². The molecule has 2 fully saturated rings. The Labute approximate surface area is 106 Å². The second-order valence-corrected chi connectivity index (χ2v) is 7.75. The van der Waals surface area contributed by atoms with Gasteiger partial charge in [-0.15, -0.1) is 0 Å². The summed E-state index contributed by atoms with van der Waals surface area (Å²) in [4.78, 5) is 5.88. The fourth-order valence-corrected chi connectivity index (χ4v) is 4.13. The van der Waals surface area contributed by atoms with Crippen LogP contribution in [-0.4, -0.2) is 12.1 Å². The molecule has 0 bridgehead atoms. The zero-order valence-electron chi connectivity index (χ0n) is 12.0. The molecular formula is C15H29NO. The maximum absolute atomic E-state index is 5.88. The highest BCUT2D eigenvalue weighted by molar-refractivity contribution is 4.91. The molecule has 0 spiro atoms. The largest absolute Gasteiger partial charge is 0.298 e. The zero-order valence-corrected chi connectivity index (χ0v) is 12.0. The van der Waals surface area contributed by atoms with E-state index in [1.54, 1.807) is 0 Å². The average molecular weight is 239 g/mol. The van der Waals surface area contributed by atoms with Gasteiger partial charge in [0.25, 0.3) is 0 Å². The first kappa shape index (κ1) is 13.4. The van der Waals surface area contributed by atoms with Gasteiger partial charge in [0, 0.05) is 6.04 Å². The van der Waals surface area contributed by atoms with E-state index in [9.17, 15) is 0 Å². The normalized spacial score (nSPS) is 29.6. The Balaban J connectivity index is 1.83. The van der Waals surface area contributed by atoms with E-state index in [4.69, 9.17) is 4.84 Å². The summed E-state index contributed by atoms with van der Waals surface area (Å²) in [6.45, 7) is 9.55. The van der Waals surface area contributed by atoms with Crippen molar-refractivity contribution in [3.05, 3.63) is 0 Å². The fraction of sp³-hybridized carbons (Fsp3) is 1.00. The van der Waals surface area contributed by atoms with Crippen molar-refractivity contribution in [3.8, 4) is 0 Å². The van der Waals surface area contributed by atoms with Crippen molar-refractivity contribution >= 4 is 0 Å². The molecule has 0 radical (unpaired) electrons. The molecule has 1 N–H and O–H groups in total. The van der Waals surface area contributed by atoms with E-state index in [2.05, 4.69) is 33.2 Å². The third-order valence-electron chi connectivity index (χ3n) is 4.26. The Hall–Kier alpha value is -0.0800. The van der Waals surface area contributed by atoms with Crippen molar-refractivity contribution in [2.24, 2.45) is 10.8 Å². The van der Waals surface area contributed by atoms with Crippen LogP contribution in [0.3, 0.4) is 0 Å². The van der Waals surface area contributed by atoms with E-state index >= 15 is 0 Å². The third-order valence-corrected chi connectivity index (χ3v) is 4.26. The summed E-state index contributed by atoms with van der Waals surface area (Å²) in [6.07, 6.45) is 9.44. The van der Waals surface area contributed by atoms with Crippen LogP contribution in [0.2, 0.25) is 0 Å². The van der Waals surface area contributed by atoms with Crippen LogP contribution in [0.1, 0.15) is 72.6 Å². The molecule has 2 rings (SSSR count). The van der Waals surface area contributed by atoms with Gasteiger partial charge in [-0.25, -0.2) is 0 Å². The van der Waals surface area contributed by atoms with Crippen LogP contribution < -0.4 is 5.48 Å². The van der Waals surface area contributed by atoms with Gasteiger partial charge in [-0.1, -0.05) is 40.5 Å². The monoisotopic (exact) mass is 239 g/mol. The molecular weight excluding hydrogens is 210 g/mol. The molecule has 2 saturated carbocycles. The molecule has 0 amide bonds. The van der Waals surface area contributed by atoms with E-state index < -0.39 is 0 Å². The molecule has 0 aromatic rings. The predicted molar refractivity (Wildman–Crippen MR) is 71.7 cm³/mol. The molecule has 0 aliphatic heterocycles. The van der Waals surface area contributed by atoms with Crippen LogP contribution in [0.15, 0.2) is 0 Å². The molecule has 2 heteroatoms. The number of hydrogen-bond acceptors (Lipinski definition) is 2. The molecule has 17 heavy (non-hydrogen) atoms. The summed E-state index contributed by atoms with van der Waals surface area (Å²) < 4.78 is 0. The Morgan fingerprint density at radius 1 is 0.941 bits per heavy atom. The van der Waals surface area contributed by atoms with Crippen LogP contribution in [0.4, 0.5) is 0 Å². The molecule has 100 valence electrons. The minimum Gasteiger partial charge on any atom is -0.298 e. The quantitative estimate of drug-likeness (QED) is 0.750. The molecule has 0 aromatic carbocycles. The number of nitrogens with one attached hydrogen (secondary N) is 1. The van der Waals surface area contributed by atoms with E-state index in [1.165, 1.54) is 44.9 Å². The van der Waals surface area contributed by atoms with Crippen LogP contribution in [-0.2, 0) is 4.84 Å². The van der Waals surface area contributed by atoms with Gasteiger partial charge in [-0.2, -0.15) is 5.48 Å². The number of hydroxylamine groups is 1. The Bertz CT molecular complexity index is 238. The molecule has 0 heterocycles. The Kier molecular flexibility index (Phi) is 3.84. The standard InChI is InChI=1S/C15H29NO/c1-14(2)9-12(10-15(3,4)11-14)16-17-13-7-5-6-8-13/h12-13,16H,5-11H2,1-4H3. The number of rotatable bonds is 3. The smallest absolute Gasteiger partial charge is 0.0790 e. The van der Waals surface area contributed by atoms with Crippen molar-refractivity contribution in [3.63, 3.8) is 0 Å². The first-order valence-electron chi connectivity index (χ1n) is 7.28. The van der Waals surface area contributed by atoms with Gasteiger partial charge in [-0.05, 0) is 42.9 Å². The van der Waals surface area contributed by atoms with Crippen LogP contribution in [0.25, 0.3) is 0 Å². The molecule has 2 aliphatic rings. The van der Waals surface area contributed by atoms with Gasteiger partial charge >= 0.3 is 0 Å². The van der Waals surface area contributed by atoms with Gasteiger partial charge < -0.3 is 0 Å². The SMILES string of the molecule is CC1(C)CC(NOC2CCCC2)CC(C)(C)C1. The van der Waals surface area contributed by atoms with E-state index in [0.29, 0.717) is 23.0 Å². The van der Waals surface area contributed by atoms with Crippen molar-refractivity contribution in [2.45, 2.75) is 84.8 Å². The van der Waals surface area contributed by atoms with E-state index in [-0.39, 0.29) is 0 Å². The van der Waals surface area contributed by atoms with Crippen molar-refractivity contribution < 1.29 is 4.84 Å². The van der Waals surface area contributed by atoms with Crippen molar-refractivity contribution in [2.75, 3.05) is 0 Å². The van der Waals surface area contributed by atoms with Crippen LogP contribution in [0, 0.1) is 10.8 Å². The van der Waals surface area contributed by atoms with Crippen molar-refractivity contribution in [1.29, 1.82) is 0 Å². The molecule has 0 atom stereocenters. The molecule has 0 unspecified atom stereocenters. The van der Waals surface area contributed by atoms with E-state index in [0.717, 1.165) is 0 Å². The van der Waals surface area contributed by atoms with Gasteiger partial charge in [0.1, 0.15) is 0 Å². The minimum atomic E-state index is 0.443. The van der Waals surface area contributed by atoms with Gasteiger partial charge in [-0.3, -0.25) is 4.84 Å². The fourth-order valence-electron chi connectivity index (χ4n) is 4.13. The average Bonchev–Trinajstić information content (AvgIpc) is 2.61. The van der Waals surface area contributed by atoms with Gasteiger partial charge in [0.05, 0.1) is 6.10 Å². The maximum atomic E-state index is 5.88. The van der Waals surface area contributed by atoms with Crippen LogP contribution in [0.5, 0.6) is 0 Å². The molecule has 2 aliphatic carbocycles. The number of hydrogen-bond donors (Lipinski definition) is 1. The molecule has 0 saturated heterocycles. The summed E-state index contributed by atoms with van der Waals surface area (Å²) in [5, 5.41) is 0. The first-order chi connectivity index (χ1) is 7.86. The lowest BCUT2D eigenvalue weighted by Gasteiger charge is -2.45. The Morgan fingerprint density at radius 2 is 1.47 bits per heavy atom. The lowest BCUT2D eigenvalue weighted by Crippen LogP contribution is -2.44. The summed E-state index contributed by atoms with van der Waals surface area (Å²) >= 11 is 0. The summed E-state index contributed by atoms with van der Waals surface area (Å²) in [6, 6.07) is 0.536. The summed E-state index contributed by atoms with van der Waals surface area (Å²) in [5.74, 6) is 0. The van der Waals surface area contributed by atoms with Crippen LogP contribution >= 0.6 is 0 Å². The van der Waals surface area contributed by atoms with E-state index in [1.807, 2.05) is 0 Å². The minimum absolute atomic E-state index is 0.443. The van der Waals surface area contributed by atoms with Gasteiger partial charge in [0.2, 0.25) is 0 Å². The lowest BCUT2D eigenvalue weighted by molar-refractivity contribution is -0.0693. The highest BCUT2D eigenvalue weighted by Crippen LogP contribution is 2.45. The summed E-state index contributed by atoms with van der Waals surface area (Å²) in [5.41, 5.74) is 4.26. The highest BCUT2D eigenvalue weighted by Gasteiger charge is 2.38. The Morgan fingerprint density at radius 3 is 2.00 bits per heavy atom. The topological polar surface area (TPSA) is 21.3 Å². The summed E-state index contributed by atoms with van der Waals surface area (Å²) in [7, 11) is 0. The molecule has 2 nitrogen and oxygen atoms in total. The second-order valence-electron chi connectivity index (χ2n) is 7.75. The lowest BCUT2D eigenvalue weighted by atomic mass is 9.64. The first-order valence-corrected chi connectivity index (χ1v) is 7.28. The second kappa shape index (κ2) is 4.89. The molecule has 0 aromatic heterocycles.